The monoisotopic (exact) mass is 318 g/mol. The molecule has 1 amide bonds. The van der Waals surface area contributed by atoms with Crippen molar-refractivity contribution in [1.82, 2.24) is 10.2 Å². The number of amides is 1. The van der Waals surface area contributed by atoms with Crippen LogP contribution in [0.15, 0.2) is 30.3 Å². The largest absolute Gasteiger partial charge is 0.480 e. The molecule has 2 aliphatic rings. The maximum absolute atomic E-state index is 12.1. The molecule has 1 atom stereocenters. The smallest absolute Gasteiger partial charge is 0.410 e. The van der Waals surface area contributed by atoms with Crippen LogP contribution in [-0.2, 0) is 16.1 Å². The number of ether oxygens (including phenoxy) is 1. The lowest BCUT2D eigenvalue weighted by atomic mass is 9.76. The number of hydrogen-bond donors (Lipinski definition) is 2. The minimum atomic E-state index is -0.786. The molecule has 6 heteroatoms. The first-order valence-corrected chi connectivity index (χ1v) is 8.00. The fourth-order valence-electron chi connectivity index (χ4n) is 3.45. The van der Waals surface area contributed by atoms with Gasteiger partial charge in [0.05, 0.1) is 0 Å². The van der Waals surface area contributed by atoms with Crippen molar-refractivity contribution in [1.29, 1.82) is 0 Å². The number of aliphatic carboxylic acids is 1. The zero-order valence-corrected chi connectivity index (χ0v) is 13.0. The molecule has 0 aromatic heterocycles. The van der Waals surface area contributed by atoms with Crippen LogP contribution in [0.4, 0.5) is 4.79 Å². The van der Waals surface area contributed by atoms with Crippen molar-refractivity contribution in [3.05, 3.63) is 35.9 Å². The van der Waals surface area contributed by atoms with Crippen molar-refractivity contribution in [2.24, 2.45) is 5.41 Å². The predicted molar refractivity (Wildman–Crippen MR) is 83.9 cm³/mol. The van der Waals surface area contributed by atoms with E-state index in [-0.39, 0.29) is 18.1 Å². The second-order valence-electron chi connectivity index (χ2n) is 6.50. The Morgan fingerprint density at radius 2 is 1.96 bits per heavy atom. The first-order valence-electron chi connectivity index (χ1n) is 8.00. The number of hydrogen-bond acceptors (Lipinski definition) is 4. The van der Waals surface area contributed by atoms with Gasteiger partial charge in [0.2, 0.25) is 0 Å². The van der Waals surface area contributed by atoms with Crippen LogP contribution >= 0.6 is 0 Å². The lowest BCUT2D eigenvalue weighted by Crippen LogP contribution is -2.44. The van der Waals surface area contributed by atoms with E-state index < -0.39 is 12.0 Å². The molecule has 1 spiro atoms. The van der Waals surface area contributed by atoms with E-state index in [2.05, 4.69) is 5.32 Å². The third-order valence-corrected chi connectivity index (χ3v) is 4.95. The average Bonchev–Trinajstić information content (AvgIpc) is 2.98. The molecule has 0 bridgehead atoms. The standard InChI is InChI=1S/C17H22N2O4/c20-15(21)14-10-17(12-18-14)6-8-19(9-7-17)16(22)23-11-13-4-2-1-3-5-13/h1-5,14,18H,6-12H2,(H,20,21). The number of piperidine rings is 1. The quantitative estimate of drug-likeness (QED) is 0.889. The molecule has 23 heavy (non-hydrogen) atoms. The highest BCUT2D eigenvalue weighted by atomic mass is 16.6. The Morgan fingerprint density at radius 3 is 2.57 bits per heavy atom. The molecule has 2 fully saturated rings. The maximum atomic E-state index is 12.1. The molecule has 0 radical (unpaired) electrons. The summed E-state index contributed by atoms with van der Waals surface area (Å²) in [6.07, 6.45) is 2.01. The van der Waals surface area contributed by atoms with E-state index in [9.17, 15) is 9.59 Å². The van der Waals surface area contributed by atoms with Gasteiger partial charge in [-0.1, -0.05) is 30.3 Å². The number of carboxylic acid groups (broad SMARTS) is 1. The minimum absolute atomic E-state index is 0.0132. The van der Waals surface area contributed by atoms with E-state index in [0.717, 1.165) is 24.9 Å². The highest BCUT2D eigenvalue weighted by molar-refractivity contribution is 5.74. The van der Waals surface area contributed by atoms with Crippen molar-refractivity contribution in [2.75, 3.05) is 19.6 Å². The highest BCUT2D eigenvalue weighted by Gasteiger charge is 2.44. The number of nitrogens with one attached hydrogen (secondary N) is 1. The molecule has 1 unspecified atom stereocenters. The molecule has 124 valence electrons. The van der Waals surface area contributed by atoms with Crippen LogP contribution in [0.2, 0.25) is 0 Å². The molecule has 1 aromatic carbocycles. The first-order chi connectivity index (χ1) is 11.1. The molecule has 6 nitrogen and oxygen atoms in total. The van der Waals surface area contributed by atoms with Crippen molar-refractivity contribution in [2.45, 2.75) is 31.9 Å². The Hall–Kier alpha value is -2.08. The van der Waals surface area contributed by atoms with E-state index in [4.69, 9.17) is 9.84 Å². The molecule has 1 aromatic rings. The molecule has 3 rings (SSSR count). The summed E-state index contributed by atoms with van der Waals surface area (Å²) < 4.78 is 5.36. The van der Waals surface area contributed by atoms with Gasteiger partial charge in [-0.25, -0.2) is 4.79 Å². The van der Waals surface area contributed by atoms with Gasteiger partial charge in [0.25, 0.3) is 0 Å². The normalized spacial score (nSPS) is 23.0. The van der Waals surface area contributed by atoms with Gasteiger partial charge < -0.3 is 20.1 Å². The Kier molecular flexibility index (Phi) is 4.52. The molecule has 0 aliphatic carbocycles. The first kappa shape index (κ1) is 15.8. The maximum Gasteiger partial charge on any atom is 0.410 e. The number of likely N-dealkylation sites (tertiary alicyclic amines) is 1. The van der Waals surface area contributed by atoms with Crippen LogP contribution < -0.4 is 5.32 Å². The summed E-state index contributed by atoms with van der Waals surface area (Å²) in [4.78, 5) is 24.9. The molecule has 2 N–H and O–H groups in total. The Balaban J connectivity index is 1.47. The van der Waals surface area contributed by atoms with Gasteiger partial charge in [-0.2, -0.15) is 0 Å². The van der Waals surface area contributed by atoms with E-state index in [1.54, 1.807) is 4.90 Å². The van der Waals surface area contributed by atoms with Crippen LogP contribution in [0, 0.1) is 5.41 Å². The second kappa shape index (κ2) is 6.58. The Morgan fingerprint density at radius 1 is 1.26 bits per heavy atom. The molecule has 2 saturated heterocycles. The zero-order chi connectivity index (χ0) is 16.3. The number of carbonyl (C=O) groups is 2. The number of benzene rings is 1. The van der Waals surface area contributed by atoms with Gasteiger partial charge in [0.15, 0.2) is 0 Å². The van der Waals surface area contributed by atoms with Crippen LogP contribution in [-0.4, -0.2) is 47.7 Å². The van der Waals surface area contributed by atoms with Crippen LogP contribution in [0.1, 0.15) is 24.8 Å². The zero-order valence-electron chi connectivity index (χ0n) is 13.0. The van der Waals surface area contributed by atoms with Gasteiger partial charge in [-0.3, -0.25) is 4.79 Å². The van der Waals surface area contributed by atoms with Crippen molar-refractivity contribution in [3.63, 3.8) is 0 Å². The van der Waals surface area contributed by atoms with E-state index in [0.29, 0.717) is 19.5 Å². The fraction of sp³-hybridized carbons (Fsp3) is 0.529. The summed E-state index contributed by atoms with van der Waals surface area (Å²) in [5, 5.41) is 12.2. The van der Waals surface area contributed by atoms with E-state index in [1.807, 2.05) is 30.3 Å². The Labute approximate surface area is 135 Å². The van der Waals surface area contributed by atoms with Crippen molar-refractivity contribution in [3.8, 4) is 0 Å². The third-order valence-electron chi connectivity index (χ3n) is 4.95. The summed E-state index contributed by atoms with van der Waals surface area (Å²) in [6.45, 7) is 2.25. The fourth-order valence-corrected chi connectivity index (χ4v) is 3.45. The average molecular weight is 318 g/mol. The number of rotatable bonds is 3. The van der Waals surface area contributed by atoms with Crippen molar-refractivity contribution >= 4 is 12.1 Å². The van der Waals surface area contributed by atoms with E-state index in [1.165, 1.54) is 0 Å². The molecule has 2 aliphatic heterocycles. The van der Waals surface area contributed by atoms with E-state index >= 15 is 0 Å². The minimum Gasteiger partial charge on any atom is -0.480 e. The van der Waals surface area contributed by atoms with Crippen LogP contribution in [0.25, 0.3) is 0 Å². The summed E-state index contributed by atoms with van der Waals surface area (Å²) in [6, 6.07) is 9.16. The van der Waals surface area contributed by atoms with Gasteiger partial charge in [-0.15, -0.1) is 0 Å². The third kappa shape index (κ3) is 3.64. The molecule has 2 heterocycles. The number of carbonyl (C=O) groups excluding carboxylic acids is 1. The summed E-state index contributed by atoms with van der Waals surface area (Å²) >= 11 is 0. The predicted octanol–water partition coefficient (Wildman–Crippen LogP) is 1.85. The summed E-state index contributed by atoms with van der Waals surface area (Å²) in [5.41, 5.74) is 0.984. The SMILES string of the molecule is O=C(O)C1CC2(CCN(C(=O)OCc3ccccc3)CC2)CN1. The second-order valence-corrected chi connectivity index (χ2v) is 6.50. The molecular weight excluding hydrogens is 296 g/mol. The lowest BCUT2D eigenvalue weighted by Gasteiger charge is -2.38. The molecular formula is C17H22N2O4. The topological polar surface area (TPSA) is 78.9 Å². The van der Waals surface area contributed by atoms with Crippen LogP contribution in [0.5, 0.6) is 0 Å². The van der Waals surface area contributed by atoms with Gasteiger partial charge in [-0.05, 0) is 30.2 Å². The van der Waals surface area contributed by atoms with Gasteiger partial charge in [0, 0.05) is 19.6 Å². The van der Waals surface area contributed by atoms with Gasteiger partial charge >= 0.3 is 12.1 Å². The summed E-state index contributed by atoms with van der Waals surface area (Å²) in [7, 11) is 0. The van der Waals surface area contributed by atoms with Gasteiger partial charge in [0.1, 0.15) is 12.6 Å². The summed E-state index contributed by atoms with van der Waals surface area (Å²) in [5.74, 6) is -0.786. The lowest BCUT2D eigenvalue weighted by molar-refractivity contribution is -0.139. The molecule has 0 saturated carbocycles. The van der Waals surface area contributed by atoms with Crippen LogP contribution in [0.3, 0.4) is 0 Å². The number of nitrogens with zero attached hydrogens (tertiary/aromatic N) is 1. The Bertz CT molecular complexity index is 567. The number of carboxylic acids is 1. The van der Waals surface area contributed by atoms with Crippen molar-refractivity contribution < 1.29 is 19.4 Å². The highest BCUT2D eigenvalue weighted by Crippen LogP contribution is 2.39.